The molecule has 0 N–H and O–H groups in total. The zero-order valence-electron chi connectivity index (χ0n) is 11.6. The van der Waals surface area contributed by atoms with E-state index in [9.17, 15) is 5.26 Å². The van der Waals surface area contributed by atoms with E-state index in [2.05, 4.69) is 23.1 Å². The molecule has 0 unspecified atom stereocenters. The minimum absolute atomic E-state index is 0.156. The number of thioether (sulfide) groups is 1. The van der Waals surface area contributed by atoms with Gasteiger partial charge in [-0.25, -0.2) is 0 Å². The summed E-state index contributed by atoms with van der Waals surface area (Å²) in [7, 11) is 1.68. The summed E-state index contributed by atoms with van der Waals surface area (Å²) in [4.78, 5) is 2.42. The Morgan fingerprint density at radius 2 is 1.95 bits per heavy atom. The molecule has 19 heavy (non-hydrogen) atoms. The maximum Gasteiger partial charge on any atom is 0.118 e. The van der Waals surface area contributed by atoms with Crippen LogP contribution >= 0.6 is 11.8 Å². The second-order valence-corrected chi connectivity index (χ2v) is 6.12. The fraction of sp³-hybridized carbons (Fsp3) is 0.533. The molecule has 1 saturated heterocycles. The first kappa shape index (κ1) is 14.2. The highest BCUT2D eigenvalue weighted by Gasteiger charge is 2.33. The van der Waals surface area contributed by atoms with E-state index in [-0.39, 0.29) is 4.75 Å². The zero-order chi connectivity index (χ0) is 13.7. The lowest BCUT2D eigenvalue weighted by Gasteiger charge is -2.36. The van der Waals surface area contributed by atoms with E-state index in [0.717, 1.165) is 38.2 Å². The van der Waals surface area contributed by atoms with Gasteiger partial charge in [-0.2, -0.15) is 5.26 Å². The van der Waals surface area contributed by atoms with Crippen molar-refractivity contribution in [3.8, 4) is 11.8 Å². The molecule has 0 bridgehead atoms. The molecule has 1 aromatic carbocycles. The minimum atomic E-state index is -0.156. The smallest absolute Gasteiger partial charge is 0.118 e. The summed E-state index contributed by atoms with van der Waals surface area (Å²) in [5.74, 6) is 0.897. The van der Waals surface area contributed by atoms with Crippen molar-refractivity contribution in [3.63, 3.8) is 0 Å². The van der Waals surface area contributed by atoms with Crippen LogP contribution < -0.4 is 4.74 Å². The predicted octanol–water partition coefficient (Wildman–Crippen LogP) is 2.92. The highest BCUT2D eigenvalue weighted by molar-refractivity contribution is 8.00. The summed E-state index contributed by atoms with van der Waals surface area (Å²) in [6, 6.07) is 10.7. The normalized spacial score (nSPS) is 18.8. The summed E-state index contributed by atoms with van der Waals surface area (Å²) >= 11 is 1.70. The third-order valence-electron chi connectivity index (χ3n) is 3.82. The molecule has 0 spiro atoms. The van der Waals surface area contributed by atoms with Gasteiger partial charge in [0.05, 0.1) is 13.2 Å². The second-order valence-electron chi connectivity index (χ2n) is 4.93. The number of ether oxygens (including phenoxy) is 1. The van der Waals surface area contributed by atoms with Gasteiger partial charge in [-0.1, -0.05) is 12.1 Å². The van der Waals surface area contributed by atoms with Crippen LogP contribution in [0.5, 0.6) is 5.75 Å². The Morgan fingerprint density at radius 3 is 2.42 bits per heavy atom. The molecule has 4 heteroatoms. The van der Waals surface area contributed by atoms with E-state index < -0.39 is 0 Å². The summed E-state index contributed by atoms with van der Waals surface area (Å²) < 4.78 is 5.01. The average molecular weight is 276 g/mol. The fourth-order valence-corrected chi connectivity index (χ4v) is 3.11. The highest BCUT2D eigenvalue weighted by atomic mass is 32.2. The van der Waals surface area contributed by atoms with Crippen molar-refractivity contribution in [3.05, 3.63) is 29.8 Å². The third-order valence-corrected chi connectivity index (χ3v) is 5.10. The molecular weight excluding hydrogens is 256 g/mol. The molecule has 1 aromatic rings. The van der Waals surface area contributed by atoms with Crippen molar-refractivity contribution >= 4 is 11.8 Å². The summed E-state index contributed by atoms with van der Waals surface area (Å²) in [6.07, 6.45) is 3.96. The first-order chi connectivity index (χ1) is 9.21. The number of methoxy groups -OCH3 is 1. The molecule has 0 atom stereocenters. The van der Waals surface area contributed by atoms with Crippen LogP contribution in [0, 0.1) is 11.3 Å². The molecule has 0 radical (unpaired) electrons. The predicted molar refractivity (Wildman–Crippen MR) is 79.4 cm³/mol. The first-order valence-corrected chi connectivity index (χ1v) is 7.75. The van der Waals surface area contributed by atoms with Gasteiger partial charge in [-0.3, -0.25) is 4.90 Å². The summed E-state index contributed by atoms with van der Waals surface area (Å²) in [5, 5.41) is 9.27. The van der Waals surface area contributed by atoms with E-state index >= 15 is 0 Å². The van der Waals surface area contributed by atoms with Crippen LogP contribution in [0.1, 0.15) is 18.4 Å². The zero-order valence-corrected chi connectivity index (χ0v) is 12.4. The van der Waals surface area contributed by atoms with Crippen LogP contribution in [0.2, 0.25) is 0 Å². The number of nitriles is 1. The van der Waals surface area contributed by atoms with Crippen LogP contribution in [0.15, 0.2) is 24.3 Å². The molecule has 0 amide bonds. The monoisotopic (exact) mass is 276 g/mol. The van der Waals surface area contributed by atoms with E-state index in [1.807, 2.05) is 18.4 Å². The SMILES string of the molecule is COc1ccc(CN2CCC(C#N)(SC)CC2)cc1. The maximum atomic E-state index is 9.27. The van der Waals surface area contributed by atoms with Crippen molar-refractivity contribution < 1.29 is 4.74 Å². The summed E-state index contributed by atoms with van der Waals surface area (Å²) in [6.45, 7) is 2.96. The Labute approximate surface area is 119 Å². The van der Waals surface area contributed by atoms with Crippen LogP contribution in [0.4, 0.5) is 0 Å². The number of nitrogens with zero attached hydrogens (tertiary/aromatic N) is 2. The van der Waals surface area contributed by atoms with Crippen molar-refractivity contribution in [2.75, 3.05) is 26.5 Å². The van der Waals surface area contributed by atoms with Gasteiger partial charge in [0.1, 0.15) is 10.5 Å². The number of benzene rings is 1. The molecule has 102 valence electrons. The lowest BCUT2D eigenvalue weighted by Crippen LogP contribution is -2.41. The number of likely N-dealkylation sites (tertiary alicyclic amines) is 1. The molecule has 1 aliphatic heterocycles. The highest BCUT2D eigenvalue weighted by Crippen LogP contribution is 2.34. The maximum absolute atomic E-state index is 9.27. The Hall–Kier alpha value is -1.18. The Balaban J connectivity index is 1.90. The molecule has 2 rings (SSSR count). The molecule has 0 aliphatic carbocycles. The molecule has 3 nitrogen and oxygen atoms in total. The Morgan fingerprint density at radius 1 is 1.32 bits per heavy atom. The first-order valence-electron chi connectivity index (χ1n) is 6.53. The third kappa shape index (κ3) is 3.43. The van der Waals surface area contributed by atoms with Crippen molar-refractivity contribution in [2.45, 2.75) is 24.1 Å². The van der Waals surface area contributed by atoms with Crippen molar-refractivity contribution in [2.24, 2.45) is 0 Å². The van der Waals surface area contributed by atoms with E-state index in [1.54, 1.807) is 18.9 Å². The van der Waals surface area contributed by atoms with Gasteiger partial charge >= 0.3 is 0 Å². The molecule has 1 fully saturated rings. The van der Waals surface area contributed by atoms with Gasteiger partial charge in [-0.05, 0) is 36.8 Å². The van der Waals surface area contributed by atoms with Crippen LogP contribution in [0.3, 0.4) is 0 Å². The Bertz CT molecular complexity index is 444. The molecular formula is C15H20N2OS. The van der Waals surface area contributed by atoms with E-state index in [1.165, 1.54) is 5.56 Å². The van der Waals surface area contributed by atoms with E-state index in [4.69, 9.17) is 4.74 Å². The van der Waals surface area contributed by atoms with Gasteiger partial charge in [-0.15, -0.1) is 11.8 Å². The molecule has 0 aromatic heterocycles. The fourth-order valence-electron chi connectivity index (χ4n) is 2.42. The van der Waals surface area contributed by atoms with Gasteiger partial charge in [0.15, 0.2) is 0 Å². The standard InChI is InChI=1S/C15H20N2OS/c1-18-14-5-3-13(4-6-14)11-17-9-7-15(12-16,19-2)8-10-17/h3-6H,7-11H2,1-2H3. The van der Waals surface area contributed by atoms with E-state index in [0.29, 0.717) is 0 Å². The number of piperidine rings is 1. The van der Waals surface area contributed by atoms with Crippen LogP contribution in [-0.2, 0) is 6.54 Å². The van der Waals surface area contributed by atoms with Gasteiger partial charge in [0, 0.05) is 19.6 Å². The second kappa shape index (κ2) is 6.31. The van der Waals surface area contributed by atoms with Crippen molar-refractivity contribution in [1.29, 1.82) is 5.26 Å². The quantitative estimate of drug-likeness (QED) is 0.847. The molecule has 1 aliphatic rings. The minimum Gasteiger partial charge on any atom is -0.497 e. The molecule has 1 heterocycles. The van der Waals surface area contributed by atoms with Gasteiger partial charge in [0.25, 0.3) is 0 Å². The number of hydrogen-bond acceptors (Lipinski definition) is 4. The molecule has 0 saturated carbocycles. The number of hydrogen-bond donors (Lipinski definition) is 0. The van der Waals surface area contributed by atoms with Gasteiger partial charge in [0.2, 0.25) is 0 Å². The largest absolute Gasteiger partial charge is 0.497 e. The lowest BCUT2D eigenvalue weighted by atomic mass is 9.97. The lowest BCUT2D eigenvalue weighted by molar-refractivity contribution is 0.209. The van der Waals surface area contributed by atoms with Crippen LogP contribution in [-0.4, -0.2) is 36.1 Å². The Kier molecular flexibility index (Phi) is 4.73. The number of rotatable bonds is 4. The average Bonchev–Trinajstić information content (AvgIpc) is 2.49. The van der Waals surface area contributed by atoms with Crippen LogP contribution in [0.25, 0.3) is 0 Å². The topological polar surface area (TPSA) is 36.3 Å². The van der Waals surface area contributed by atoms with Gasteiger partial charge < -0.3 is 4.74 Å². The summed E-state index contributed by atoms with van der Waals surface area (Å²) in [5.41, 5.74) is 1.30. The van der Waals surface area contributed by atoms with Crippen molar-refractivity contribution in [1.82, 2.24) is 4.90 Å².